The molecule has 0 radical (unpaired) electrons. The average Bonchev–Trinajstić information content (AvgIpc) is 2.95. The van der Waals surface area contributed by atoms with Crippen molar-refractivity contribution in [3.05, 3.63) is 83.5 Å². The van der Waals surface area contributed by atoms with Gasteiger partial charge in [0.25, 0.3) is 0 Å². The molecule has 0 bridgehead atoms. The van der Waals surface area contributed by atoms with Crippen LogP contribution in [0, 0.1) is 5.82 Å². The summed E-state index contributed by atoms with van der Waals surface area (Å²) in [7, 11) is 0. The summed E-state index contributed by atoms with van der Waals surface area (Å²) < 4.78 is 15.2. The largest absolute Gasteiger partial charge is 0.313 e. The van der Waals surface area contributed by atoms with E-state index in [1.165, 1.54) is 12.1 Å². The van der Waals surface area contributed by atoms with Crippen LogP contribution in [0.25, 0.3) is 6.08 Å². The summed E-state index contributed by atoms with van der Waals surface area (Å²) >= 11 is 0. The number of benzene rings is 1. The molecule has 0 saturated heterocycles. The molecule has 0 atom stereocenters. The number of fused-ring (bicyclic) bond motifs is 1. The van der Waals surface area contributed by atoms with Crippen molar-refractivity contribution in [2.75, 3.05) is 19.6 Å². The SMILES string of the molecule is Fc1ccc(C=CCN2CCc3nnc(Cc4cccnc4)n3CC2)cc1. The minimum atomic E-state index is -0.204. The highest BCUT2D eigenvalue weighted by Gasteiger charge is 2.18. The highest BCUT2D eigenvalue weighted by atomic mass is 19.1. The Labute approximate surface area is 158 Å². The summed E-state index contributed by atoms with van der Waals surface area (Å²) in [6.07, 6.45) is 9.49. The molecule has 3 aromatic rings. The quantitative estimate of drug-likeness (QED) is 0.699. The van der Waals surface area contributed by atoms with Crippen molar-refractivity contribution in [1.29, 1.82) is 0 Å². The van der Waals surface area contributed by atoms with Crippen molar-refractivity contribution in [3.63, 3.8) is 0 Å². The highest BCUT2D eigenvalue weighted by molar-refractivity contribution is 5.48. The molecule has 0 amide bonds. The van der Waals surface area contributed by atoms with E-state index in [0.29, 0.717) is 0 Å². The first-order valence-corrected chi connectivity index (χ1v) is 9.22. The Morgan fingerprint density at radius 3 is 2.74 bits per heavy atom. The van der Waals surface area contributed by atoms with E-state index in [-0.39, 0.29) is 5.82 Å². The standard InChI is InChI=1S/C21H22FN5/c22-19-7-5-17(6-8-19)4-2-11-26-12-9-20-24-25-21(27(20)14-13-26)15-18-3-1-10-23-16-18/h1-8,10,16H,9,11-15H2. The minimum Gasteiger partial charge on any atom is -0.313 e. The zero-order valence-corrected chi connectivity index (χ0v) is 15.1. The van der Waals surface area contributed by atoms with Gasteiger partial charge in [-0.2, -0.15) is 0 Å². The van der Waals surface area contributed by atoms with E-state index in [9.17, 15) is 4.39 Å². The predicted octanol–water partition coefficient (Wildman–Crippen LogP) is 2.97. The van der Waals surface area contributed by atoms with Crippen molar-refractivity contribution >= 4 is 6.08 Å². The number of rotatable bonds is 5. The summed E-state index contributed by atoms with van der Waals surface area (Å²) in [4.78, 5) is 6.58. The number of pyridine rings is 1. The van der Waals surface area contributed by atoms with E-state index in [4.69, 9.17) is 0 Å². The zero-order chi connectivity index (χ0) is 18.5. The van der Waals surface area contributed by atoms with Crippen LogP contribution < -0.4 is 0 Å². The van der Waals surface area contributed by atoms with Gasteiger partial charge in [-0.1, -0.05) is 30.4 Å². The molecule has 2 aromatic heterocycles. The molecule has 3 heterocycles. The van der Waals surface area contributed by atoms with Crippen LogP contribution in [0.2, 0.25) is 0 Å². The van der Waals surface area contributed by atoms with Crippen molar-refractivity contribution < 1.29 is 4.39 Å². The fraction of sp³-hybridized carbons (Fsp3) is 0.286. The van der Waals surface area contributed by atoms with Crippen molar-refractivity contribution in [1.82, 2.24) is 24.6 Å². The molecule has 5 nitrogen and oxygen atoms in total. The highest BCUT2D eigenvalue weighted by Crippen LogP contribution is 2.13. The fourth-order valence-electron chi connectivity index (χ4n) is 3.34. The van der Waals surface area contributed by atoms with Crippen LogP contribution >= 0.6 is 0 Å². The number of hydrogen-bond acceptors (Lipinski definition) is 4. The summed E-state index contributed by atoms with van der Waals surface area (Å²) in [6, 6.07) is 10.6. The van der Waals surface area contributed by atoms with Crippen LogP contribution in [0.15, 0.2) is 54.9 Å². The zero-order valence-electron chi connectivity index (χ0n) is 15.1. The lowest BCUT2D eigenvalue weighted by molar-refractivity contribution is 0.308. The van der Waals surface area contributed by atoms with Crippen LogP contribution in [0.3, 0.4) is 0 Å². The Hall–Kier alpha value is -2.86. The van der Waals surface area contributed by atoms with Gasteiger partial charge in [0.05, 0.1) is 0 Å². The summed E-state index contributed by atoms with van der Waals surface area (Å²) in [6.45, 7) is 3.67. The Morgan fingerprint density at radius 2 is 1.93 bits per heavy atom. The van der Waals surface area contributed by atoms with E-state index < -0.39 is 0 Å². The topological polar surface area (TPSA) is 46.8 Å². The number of aromatic nitrogens is 4. The second-order valence-corrected chi connectivity index (χ2v) is 6.73. The third kappa shape index (κ3) is 4.46. The van der Waals surface area contributed by atoms with Gasteiger partial charge in [-0.05, 0) is 29.3 Å². The maximum absolute atomic E-state index is 13.0. The minimum absolute atomic E-state index is 0.204. The van der Waals surface area contributed by atoms with Gasteiger partial charge in [0.1, 0.15) is 17.5 Å². The van der Waals surface area contributed by atoms with Gasteiger partial charge in [0.2, 0.25) is 0 Å². The van der Waals surface area contributed by atoms with E-state index in [1.54, 1.807) is 18.3 Å². The first kappa shape index (κ1) is 17.5. The normalized spacial score (nSPS) is 15.0. The van der Waals surface area contributed by atoms with Gasteiger partial charge in [-0.3, -0.25) is 9.88 Å². The number of nitrogens with zero attached hydrogens (tertiary/aromatic N) is 5. The monoisotopic (exact) mass is 363 g/mol. The van der Waals surface area contributed by atoms with Crippen LogP contribution in [-0.2, 0) is 19.4 Å². The lowest BCUT2D eigenvalue weighted by atomic mass is 10.2. The summed E-state index contributed by atoms with van der Waals surface area (Å²) in [5, 5.41) is 8.79. The van der Waals surface area contributed by atoms with Gasteiger partial charge in [-0.25, -0.2) is 4.39 Å². The van der Waals surface area contributed by atoms with Crippen LogP contribution in [0.4, 0.5) is 4.39 Å². The van der Waals surface area contributed by atoms with Gasteiger partial charge >= 0.3 is 0 Å². The maximum atomic E-state index is 13.0. The molecule has 0 N–H and O–H groups in total. The number of hydrogen-bond donors (Lipinski definition) is 0. The molecular weight excluding hydrogens is 341 g/mol. The molecule has 0 aliphatic carbocycles. The Balaban J connectivity index is 1.36. The Bertz CT molecular complexity index is 902. The molecule has 1 aliphatic heterocycles. The van der Waals surface area contributed by atoms with Crippen LogP contribution in [0.5, 0.6) is 0 Å². The predicted molar refractivity (Wildman–Crippen MR) is 103 cm³/mol. The Morgan fingerprint density at radius 1 is 1.04 bits per heavy atom. The molecule has 0 spiro atoms. The van der Waals surface area contributed by atoms with Gasteiger partial charge in [-0.15, -0.1) is 10.2 Å². The molecule has 0 fully saturated rings. The van der Waals surface area contributed by atoms with Crippen molar-refractivity contribution in [2.45, 2.75) is 19.4 Å². The molecule has 4 rings (SSSR count). The second kappa shape index (κ2) is 8.22. The lowest BCUT2D eigenvalue weighted by Gasteiger charge is -2.17. The third-order valence-corrected chi connectivity index (χ3v) is 4.82. The fourth-order valence-corrected chi connectivity index (χ4v) is 3.34. The average molecular weight is 363 g/mol. The van der Waals surface area contributed by atoms with E-state index in [2.05, 4.69) is 36.8 Å². The molecule has 1 aliphatic rings. The van der Waals surface area contributed by atoms with Crippen LogP contribution in [0.1, 0.15) is 22.8 Å². The first-order valence-electron chi connectivity index (χ1n) is 9.22. The molecule has 6 heteroatoms. The van der Waals surface area contributed by atoms with Gasteiger partial charge < -0.3 is 4.57 Å². The third-order valence-electron chi connectivity index (χ3n) is 4.82. The summed E-state index contributed by atoms with van der Waals surface area (Å²) in [5.41, 5.74) is 2.16. The smallest absolute Gasteiger partial charge is 0.137 e. The second-order valence-electron chi connectivity index (χ2n) is 6.73. The number of halogens is 1. The van der Waals surface area contributed by atoms with Gasteiger partial charge in [0, 0.05) is 51.4 Å². The lowest BCUT2D eigenvalue weighted by Crippen LogP contribution is -2.27. The van der Waals surface area contributed by atoms with Crippen molar-refractivity contribution in [3.8, 4) is 0 Å². The van der Waals surface area contributed by atoms with E-state index >= 15 is 0 Å². The molecule has 0 unspecified atom stereocenters. The van der Waals surface area contributed by atoms with Crippen LogP contribution in [-0.4, -0.2) is 44.3 Å². The Kier molecular flexibility index (Phi) is 5.34. The van der Waals surface area contributed by atoms with Gasteiger partial charge in [0.15, 0.2) is 0 Å². The molecule has 27 heavy (non-hydrogen) atoms. The summed E-state index contributed by atoms with van der Waals surface area (Å²) in [5.74, 6) is 1.85. The van der Waals surface area contributed by atoms with E-state index in [1.807, 2.05) is 18.3 Å². The maximum Gasteiger partial charge on any atom is 0.137 e. The molecule has 1 aromatic carbocycles. The van der Waals surface area contributed by atoms with E-state index in [0.717, 1.165) is 61.8 Å². The first-order chi connectivity index (χ1) is 13.3. The van der Waals surface area contributed by atoms with Crippen molar-refractivity contribution in [2.24, 2.45) is 0 Å². The molecule has 0 saturated carbocycles. The molecular formula is C21H22FN5. The molecule has 138 valence electrons.